The molecule has 3 aromatic carbocycles. The summed E-state index contributed by atoms with van der Waals surface area (Å²) in [6.45, 7) is 10.2. The summed E-state index contributed by atoms with van der Waals surface area (Å²) in [6, 6.07) is 19.2. The van der Waals surface area contributed by atoms with Crippen LogP contribution in [0.4, 0.5) is 5.69 Å². The van der Waals surface area contributed by atoms with Gasteiger partial charge in [0.1, 0.15) is 16.8 Å². The van der Waals surface area contributed by atoms with Gasteiger partial charge < -0.3 is 10.1 Å². The van der Waals surface area contributed by atoms with Crippen molar-refractivity contribution in [3.8, 4) is 11.4 Å². The fraction of sp³-hybridized carbons (Fsp3) is 0.269. The molecule has 164 valence electrons. The van der Waals surface area contributed by atoms with Crippen LogP contribution in [0.25, 0.3) is 16.7 Å². The Morgan fingerprint density at radius 1 is 0.938 bits per heavy atom. The minimum Gasteiger partial charge on any atom is -0.491 e. The van der Waals surface area contributed by atoms with Gasteiger partial charge in [0.05, 0.1) is 11.8 Å². The van der Waals surface area contributed by atoms with Crippen LogP contribution in [-0.2, 0) is 0 Å². The molecular weight excluding hydrogens is 400 g/mol. The van der Waals surface area contributed by atoms with Crippen molar-refractivity contribution in [1.29, 1.82) is 0 Å². The maximum Gasteiger partial charge on any atom is 0.255 e. The first-order chi connectivity index (χ1) is 15.3. The van der Waals surface area contributed by atoms with Crippen molar-refractivity contribution in [2.45, 2.75) is 46.6 Å². The van der Waals surface area contributed by atoms with Crippen molar-refractivity contribution in [3.05, 3.63) is 77.4 Å². The van der Waals surface area contributed by atoms with Gasteiger partial charge in [-0.25, -0.2) is 0 Å². The molecule has 1 N–H and O–H groups in total. The Morgan fingerprint density at radius 2 is 1.62 bits per heavy atom. The number of nitrogens with one attached hydrogen (secondary N) is 1. The van der Waals surface area contributed by atoms with Gasteiger partial charge in [-0.3, -0.25) is 4.79 Å². The number of aryl methyl sites for hydroxylation is 1. The van der Waals surface area contributed by atoms with E-state index >= 15 is 0 Å². The molecule has 1 amide bonds. The first kappa shape index (κ1) is 21.6. The molecule has 0 radical (unpaired) electrons. The lowest BCUT2D eigenvalue weighted by Gasteiger charge is -2.12. The van der Waals surface area contributed by atoms with E-state index in [-0.39, 0.29) is 12.0 Å². The number of aromatic nitrogens is 3. The Bertz CT molecular complexity index is 1260. The lowest BCUT2D eigenvalue weighted by Crippen LogP contribution is -2.13. The Hall–Kier alpha value is -3.67. The van der Waals surface area contributed by atoms with E-state index in [1.54, 1.807) is 16.9 Å². The molecule has 0 aliphatic heterocycles. The van der Waals surface area contributed by atoms with Crippen LogP contribution in [0.5, 0.6) is 5.75 Å². The topological polar surface area (TPSA) is 69.0 Å². The number of carbonyl (C=O) groups is 1. The first-order valence-corrected chi connectivity index (χ1v) is 10.9. The molecule has 0 aliphatic carbocycles. The molecule has 0 bridgehead atoms. The summed E-state index contributed by atoms with van der Waals surface area (Å²) >= 11 is 0. The average Bonchev–Trinajstić information content (AvgIpc) is 3.16. The third-order valence-corrected chi connectivity index (χ3v) is 5.23. The van der Waals surface area contributed by atoms with Gasteiger partial charge in [0.25, 0.3) is 5.91 Å². The lowest BCUT2D eigenvalue weighted by atomic mass is 10.0. The van der Waals surface area contributed by atoms with Crippen molar-refractivity contribution >= 4 is 22.6 Å². The van der Waals surface area contributed by atoms with Crippen LogP contribution in [0.3, 0.4) is 0 Å². The van der Waals surface area contributed by atoms with Crippen LogP contribution < -0.4 is 10.1 Å². The fourth-order valence-corrected chi connectivity index (χ4v) is 3.49. The number of hydrogen-bond donors (Lipinski definition) is 1. The van der Waals surface area contributed by atoms with E-state index < -0.39 is 0 Å². The third-order valence-electron chi connectivity index (χ3n) is 5.23. The number of nitrogens with zero attached hydrogens (tertiary/aromatic N) is 3. The maximum atomic E-state index is 12.8. The van der Waals surface area contributed by atoms with Crippen molar-refractivity contribution < 1.29 is 9.53 Å². The second-order valence-electron chi connectivity index (χ2n) is 8.54. The molecule has 1 heterocycles. The summed E-state index contributed by atoms with van der Waals surface area (Å²) in [5.74, 6) is 0.949. The highest BCUT2D eigenvalue weighted by atomic mass is 16.5. The number of benzene rings is 3. The molecule has 32 heavy (non-hydrogen) atoms. The maximum absolute atomic E-state index is 12.8. The van der Waals surface area contributed by atoms with E-state index in [4.69, 9.17) is 4.74 Å². The molecular formula is C26H28N4O2. The number of amides is 1. The Kier molecular flexibility index (Phi) is 5.95. The Morgan fingerprint density at radius 3 is 2.28 bits per heavy atom. The summed E-state index contributed by atoms with van der Waals surface area (Å²) in [7, 11) is 0. The van der Waals surface area contributed by atoms with Crippen LogP contribution in [-0.4, -0.2) is 27.0 Å². The molecule has 0 unspecified atom stereocenters. The SMILES string of the molecule is Cc1cc2nn(-c3ccc(C(C)C)cc3)nc2cc1NC(=O)c1cccc(OC(C)C)c1. The van der Waals surface area contributed by atoms with E-state index in [1.807, 2.05) is 57.2 Å². The van der Waals surface area contributed by atoms with E-state index in [2.05, 4.69) is 41.5 Å². The summed E-state index contributed by atoms with van der Waals surface area (Å²) in [6.07, 6.45) is 0.0437. The molecule has 4 aromatic rings. The minimum absolute atomic E-state index is 0.0437. The van der Waals surface area contributed by atoms with Gasteiger partial charge in [0.15, 0.2) is 0 Å². The molecule has 0 atom stereocenters. The predicted octanol–water partition coefficient (Wildman–Crippen LogP) is 5.89. The van der Waals surface area contributed by atoms with E-state index in [1.165, 1.54) is 5.56 Å². The van der Waals surface area contributed by atoms with Gasteiger partial charge in [-0.05, 0) is 80.3 Å². The van der Waals surface area contributed by atoms with Gasteiger partial charge in [-0.1, -0.05) is 32.0 Å². The van der Waals surface area contributed by atoms with E-state index in [9.17, 15) is 4.79 Å². The molecule has 6 heteroatoms. The monoisotopic (exact) mass is 428 g/mol. The zero-order valence-corrected chi connectivity index (χ0v) is 19.1. The highest BCUT2D eigenvalue weighted by Gasteiger charge is 2.13. The molecule has 0 spiro atoms. The van der Waals surface area contributed by atoms with Gasteiger partial charge in [-0.15, -0.1) is 10.2 Å². The van der Waals surface area contributed by atoms with E-state index in [0.717, 1.165) is 22.3 Å². The van der Waals surface area contributed by atoms with Crippen molar-refractivity contribution in [3.63, 3.8) is 0 Å². The van der Waals surface area contributed by atoms with Crippen molar-refractivity contribution in [2.24, 2.45) is 0 Å². The molecule has 0 aliphatic rings. The fourth-order valence-electron chi connectivity index (χ4n) is 3.49. The number of carbonyl (C=O) groups excluding carboxylic acids is 1. The molecule has 6 nitrogen and oxygen atoms in total. The second kappa shape index (κ2) is 8.83. The summed E-state index contributed by atoms with van der Waals surface area (Å²) in [4.78, 5) is 14.5. The Labute approximate surface area is 188 Å². The lowest BCUT2D eigenvalue weighted by molar-refractivity contribution is 0.102. The van der Waals surface area contributed by atoms with Crippen LogP contribution >= 0.6 is 0 Å². The average molecular weight is 429 g/mol. The summed E-state index contributed by atoms with van der Waals surface area (Å²) < 4.78 is 5.70. The quantitative estimate of drug-likeness (QED) is 0.416. The van der Waals surface area contributed by atoms with E-state index in [0.29, 0.717) is 22.9 Å². The van der Waals surface area contributed by atoms with Crippen LogP contribution in [0.15, 0.2) is 60.7 Å². The number of ether oxygens (including phenoxy) is 1. The molecule has 0 saturated heterocycles. The summed E-state index contributed by atoms with van der Waals surface area (Å²) in [5.41, 5.74) is 5.83. The highest BCUT2D eigenvalue weighted by Crippen LogP contribution is 2.24. The smallest absolute Gasteiger partial charge is 0.255 e. The zero-order chi connectivity index (χ0) is 22.8. The normalized spacial score (nSPS) is 11.3. The number of rotatable bonds is 6. The molecule has 1 aromatic heterocycles. The molecule has 0 saturated carbocycles. The standard InChI is InChI=1S/C26H28N4O2/c1-16(2)19-9-11-21(12-10-19)30-28-24-13-18(5)23(15-25(24)29-30)27-26(31)20-7-6-8-22(14-20)32-17(3)4/h6-17H,1-5H3,(H,27,31). The predicted molar refractivity (Wildman–Crippen MR) is 128 cm³/mol. The Balaban J connectivity index is 1.59. The van der Waals surface area contributed by atoms with Crippen molar-refractivity contribution in [1.82, 2.24) is 15.0 Å². The van der Waals surface area contributed by atoms with Gasteiger partial charge in [-0.2, -0.15) is 4.80 Å². The van der Waals surface area contributed by atoms with Gasteiger partial charge in [0.2, 0.25) is 0 Å². The molecule has 4 rings (SSSR count). The summed E-state index contributed by atoms with van der Waals surface area (Å²) in [5, 5.41) is 12.2. The third kappa shape index (κ3) is 4.64. The number of hydrogen-bond acceptors (Lipinski definition) is 4. The first-order valence-electron chi connectivity index (χ1n) is 10.9. The van der Waals surface area contributed by atoms with Crippen LogP contribution in [0.2, 0.25) is 0 Å². The largest absolute Gasteiger partial charge is 0.491 e. The van der Waals surface area contributed by atoms with Crippen LogP contribution in [0.1, 0.15) is 55.1 Å². The second-order valence-corrected chi connectivity index (χ2v) is 8.54. The molecule has 0 fully saturated rings. The van der Waals surface area contributed by atoms with Crippen molar-refractivity contribution in [2.75, 3.05) is 5.32 Å². The van der Waals surface area contributed by atoms with Gasteiger partial charge >= 0.3 is 0 Å². The van der Waals surface area contributed by atoms with Crippen LogP contribution in [0, 0.1) is 6.92 Å². The highest BCUT2D eigenvalue weighted by molar-refractivity contribution is 6.05. The number of fused-ring (bicyclic) bond motifs is 1. The zero-order valence-electron chi connectivity index (χ0n) is 19.1. The minimum atomic E-state index is -0.196. The number of anilines is 1. The van der Waals surface area contributed by atoms with Gasteiger partial charge in [0, 0.05) is 11.3 Å².